The van der Waals surface area contributed by atoms with E-state index in [-0.39, 0.29) is 12.6 Å². The van der Waals surface area contributed by atoms with Crippen molar-refractivity contribution in [2.45, 2.75) is 26.3 Å². The van der Waals surface area contributed by atoms with E-state index in [9.17, 15) is 0 Å². The zero-order valence-electron chi connectivity index (χ0n) is 8.42. The van der Waals surface area contributed by atoms with E-state index in [0.717, 1.165) is 22.4 Å². The van der Waals surface area contributed by atoms with Crippen LogP contribution >= 0.6 is 15.9 Å². The maximum Gasteiger partial charge on any atom is 0.126 e. The average molecular weight is 259 g/mol. The Kier molecular flexibility index (Phi) is 4.35. The quantitative estimate of drug-likeness (QED) is 0.872. The van der Waals surface area contributed by atoms with Gasteiger partial charge in [-0.3, -0.25) is 0 Å². The molecule has 0 aromatic carbocycles. The molecule has 1 aromatic rings. The predicted molar refractivity (Wildman–Crippen MR) is 61.5 cm³/mol. The van der Waals surface area contributed by atoms with Crippen molar-refractivity contribution in [3.63, 3.8) is 0 Å². The number of pyridine rings is 1. The van der Waals surface area contributed by atoms with E-state index in [1.807, 2.05) is 26.0 Å². The first-order chi connectivity index (χ1) is 6.67. The molecule has 0 radical (unpaired) electrons. The molecular formula is C10H15BrN2O. The lowest BCUT2D eigenvalue weighted by molar-refractivity contribution is 0.271. The Bertz CT molecular complexity index is 300. The van der Waals surface area contributed by atoms with Crippen molar-refractivity contribution in [1.82, 2.24) is 4.98 Å². The summed E-state index contributed by atoms with van der Waals surface area (Å²) in [5.74, 6) is 0.812. The van der Waals surface area contributed by atoms with Crippen molar-refractivity contribution in [2.75, 3.05) is 11.9 Å². The maximum atomic E-state index is 9.01. The van der Waals surface area contributed by atoms with Gasteiger partial charge in [-0.25, -0.2) is 4.98 Å². The number of anilines is 1. The highest BCUT2D eigenvalue weighted by Crippen LogP contribution is 2.16. The molecule has 0 aliphatic heterocycles. The Morgan fingerprint density at radius 1 is 1.57 bits per heavy atom. The summed E-state index contributed by atoms with van der Waals surface area (Å²) in [6, 6.07) is 3.94. The summed E-state index contributed by atoms with van der Waals surface area (Å²) in [6.45, 7) is 4.10. The lowest BCUT2D eigenvalue weighted by Gasteiger charge is -2.15. The largest absolute Gasteiger partial charge is 0.394 e. The Morgan fingerprint density at radius 2 is 2.29 bits per heavy atom. The third-order valence-corrected chi connectivity index (χ3v) is 2.92. The molecule has 0 fully saturated rings. The van der Waals surface area contributed by atoms with Crippen molar-refractivity contribution in [2.24, 2.45) is 0 Å². The molecule has 3 nitrogen and oxygen atoms in total. The van der Waals surface area contributed by atoms with E-state index < -0.39 is 0 Å². The van der Waals surface area contributed by atoms with Crippen molar-refractivity contribution in [3.8, 4) is 0 Å². The Balaban J connectivity index is 2.72. The average Bonchev–Trinajstić information content (AvgIpc) is 2.19. The van der Waals surface area contributed by atoms with Gasteiger partial charge in [-0.2, -0.15) is 0 Å². The van der Waals surface area contributed by atoms with Crippen LogP contribution in [0.25, 0.3) is 0 Å². The number of halogens is 1. The molecule has 1 rings (SSSR count). The maximum absolute atomic E-state index is 9.01. The van der Waals surface area contributed by atoms with Crippen molar-refractivity contribution in [1.29, 1.82) is 0 Å². The smallest absolute Gasteiger partial charge is 0.126 e. The second kappa shape index (κ2) is 5.32. The fourth-order valence-electron chi connectivity index (χ4n) is 1.11. The van der Waals surface area contributed by atoms with Crippen LogP contribution in [0.2, 0.25) is 0 Å². The van der Waals surface area contributed by atoms with E-state index in [1.165, 1.54) is 0 Å². The van der Waals surface area contributed by atoms with Crippen molar-refractivity contribution < 1.29 is 5.11 Å². The number of aliphatic hydroxyl groups excluding tert-OH is 1. The van der Waals surface area contributed by atoms with Gasteiger partial charge in [0, 0.05) is 4.47 Å². The topological polar surface area (TPSA) is 45.1 Å². The summed E-state index contributed by atoms with van der Waals surface area (Å²) >= 11 is 3.39. The lowest BCUT2D eigenvalue weighted by Crippen LogP contribution is -2.23. The van der Waals surface area contributed by atoms with Crippen LogP contribution in [-0.2, 0) is 0 Å². The Morgan fingerprint density at radius 3 is 2.79 bits per heavy atom. The molecule has 14 heavy (non-hydrogen) atoms. The Hall–Kier alpha value is -0.610. The third kappa shape index (κ3) is 2.96. The van der Waals surface area contributed by atoms with E-state index in [0.29, 0.717) is 0 Å². The standard InChI is InChI=1S/C10H15BrN2O/c1-3-8(6-14)13-10-5-4-9(11)7(2)12-10/h4-5,8,14H,3,6H2,1-2H3,(H,12,13). The molecule has 0 aliphatic carbocycles. The summed E-state index contributed by atoms with van der Waals surface area (Å²) in [5.41, 5.74) is 0.947. The summed E-state index contributed by atoms with van der Waals surface area (Å²) in [5, 5.41) is 12.2. The van der Waals surface area contributed by atoms with Crippen LogP contribution in [0.15, 0.2) is 16.6 Å². The highest BCUT2D eigenvalue weighted by Gasteiger charge is 2.05. The molecule has 1 atom stereocenters. The highest BCUT2D eigenvalue weighted by molar-refractivity contribution is 9.10. The molecular weight excluding hydrogens is 244 g/mol. The highest BCUT2D eigenvalue weighted by atomic mass is 79.9. The van der Waals surface area contributed by atoms with Gasteiger partial charge in [0.2, 0.25) is 0 Å². The first-order valence-corrected chi connectivity index (χ1v) is 5.47. The molecule has 0 aliphatic rings. The number of aromatic nitrogens is 1. The zero-order chi connectivity index (χ0) is 10.6. The van der Waals surface area contributed by atoms with Gasteiger partial charge in [0.1, 0.15) is 5.82 Å². The molecule has 0 bridgehead atoms. The van der Waals surface area contributed by atoms with Gasteiger partial charge < -0.3 is 10.4 Å². The number of nitrogens with one attached hydrogen (secondary N) is 1. The van der Waals surface area contributed by atoms with Crippen LogP contribution in [0.3, 0.4) is 0 Å². The minimum absolute atomic E-state index is 0.0862. The second-order valence-electron chi connectivity index (χ2n) is 3.20. The molecule has 1 aromatic heterocycles. The molecule has 2 N–H and O–H groups in total. The molecule has 1 heterocycles. The van der Waals surface area contributed by atoms with Gasteiger partial charge >= 0.3 is 0 Å². The lowest BCUT2D eigenvalue weighted by atomic mass is 10.2. The van der Waals surface area contributed by atoms with E-state index >= 15 is 0 Å². The van der Waals surface area contributed by atoms with Gasteiger partial charge in [0.15, 0.2) is 0 Å². The van der Waals surface area contributed by atoms with Crippen LogP contribution in [0.5, 0.6) is 0 Å². The van der Waals surface area contributed by atoms with E-state index in [2.05, 4.69) is 26.2 Å². The van der Waals surface area contributed by atoms with Gasteiger partial charge in [0.25, 0.3) is 0 Å². The third-order valence-electron chi connectivity index (χ3n) is 2.09. The van der Waals surface area contributed by atoms with Crippen LogP contribution < -0.4 is 5.32 Å². The number of aliphatic hydroxyl groups is 1. The van der Waals surface area contributed by atoms with Gasteiger partial charge in [0.05, 0.1) is 18.3 Å². The minimum Gasteiger partial charge on any atom is -0.394 e. The number of hydrogen-bond acceptors (Lipinski definition) is 3. The molecule has 1 unspecified atom stereocenters. The van der Waals surface area contributed by atoms with Gasteiger partial charge in [-0.05, 0) is 41.4 Å². The van der Waals surface area contributed by atoms with Crippen molar-refractivity contribution >= 4 is 21.7 Å². The summed E-state index contributed by atoms with van der Waals surface area (Å²) in [6.07, 6.45) is 0.882. The van der Waals surface area contributed by atoms with E-state index in [1.54, 1.807) is 0 Å². The van der Waals surface area contributed by atoms with Gasteiger partial charge in [-0.15, -0.1) is 0 Å². The summed E-state index contributed by atoms with van der Waals surface area (Å²) < 4.78 is 1.00. The second-order valence-corrected chi connectivity index (χ2v) is 4.05. The number of rotatable bonds is 4. The molecule has 0 amide bonds. The zero-order valence-corrected chi connectivity index (χ0v) is 10.0. The minimum atomic E-state index is 0.0862. The number of nitrogens with zero attached hydrogens (tertiary/aromatic N) is 1. The first kappa shape index (κ1) is 11.5. The van der Waals surface area contributed by atoms with E-state index in [4.69, 9.17) is 5.11 Å². The van der Waals surface area contributed by atoms with Crippen LogP contribution in [0.1, 0.15) is 19.0 Å². The Labute approximate surface area is 92.7 Å². The summed E-state index contributed by atoms with van der Waals surface area (Å²) in [4.78, 5) is 4.34. The van der Waals surface area contributed by atoms with Crippen LogP contribution in [-0.4, -0.2) is 22.7 Å². The first-order valence-electron chi connectivity index (χ1n) is 4.68. The monoisotopic (exact) mass is 258 g/mol. The van der Waals surface area contributed by atoms with Crippen LogP contribution in [0.4, 0.5) is 5.82 Å². The molecule has 4 heteroatoms. The predicted octanol–water partition coefficient (Wildman–Crippen LogP) is 2.34. The number of hydrogen-bond donors (Lipinski definition) is 2. The number of aryl methyl sites for hydroxylation is 1. The fraction of sp³-hybridized carbons (Fsp3) is 0.500. The van der Waals surface area contributed by atoms with Gasteiger partial charge in [-0.1, -0.05) is 6.92 Å². The van der Waals surface area contributed by atoms with Crippen LogP contribution in [0, 0.1) is 6.92 Å². The molecule has 0 saturated heterocycles. The summed E-state index contributed by atoms with van der Waals surface area (Å²) in [7, 11) is 0. The normalized spacial score (nSPS) is 12.6. The molecule has 0 spiro atoms. The SMILES string of the molecule is CCC(CO)Nc1ccc(Br)c(C)n1. The molecule has 0 saturated carbocycles. The fourth-order valence-corrected chi connectivity index (χ4v) is 1.33. The van der Waals surface area contributed by atoms with Crippen molar-refractivity contribution in [3.05, 3.63) is 22.3 Å². The molecule has 78 valence electrons.